The first-order valence-corrected chi connectivity index (χ1v) is 22.2. The highest BCUT2D eigenvalue weighted by molar-refractivity contribution is 6.45. The van der Waals surface area contributed by atoms with Crippen LogP contribution in [0.5, 0.6) is 0 Å². The highest BCUT2D eigenvalue weighted by Gasteiger charge is 2.70. The third kappa shape index (κ3) is 3.80. The van der Waals surface area contributed by atoms with Crippen LogP contribution >= 0.6 is 0 Å². The summed E-state index contributed by atoms with van der Waals surface area (Å²) in [6.07, 6.45) is 10.2. The lowest BCUT2D eigenvalue weighted by Crippen LogP contribution is -2.47. The fraction of sp³-hybridized carbons (Fsp3) is 0.480. The minimum Gasteiger partial charge on any atom is -0.378 e. The lowest BCUT2D eigenvalue weighted by Gasteiger charge is -2.45. The predicted octanol–water partition coefficient (Wildman–Crippen LogP) is 5.83. The van der Waals surface area contributed by atoms with Crippen LogP contribution in [0.4, 0.5) is 0 Å². The molecule has 0 radical (unpaired) electrons. The van der Waals surface area contributed by atoms with Crippen LogP contribution < -0.4 is 11.5 Å². The second-order valence-electron chi connectivity index (χ2n) is 20.2. The Morgan fingerprint density at radius 1 is 0.586 bits per heavy atom. The molecular weight excluding hydrogens is 721 g/mol. The van der Waals surface area contributed by atoms with Crippen molar-refractivity contribution >= 4 is 54.7 Å². The molecule has 2 heterocycles. The molecule has 0 amide bonds. The van der Waals surface area contributed by atoms with Gasteiger partial charge < -0.3 is 39.4 Å². The van der Waals surface area contributed by atoms with Gasteiger partial charge in [0.2, 0.25) is 0 Å². The van der Waals surface area contributed by atoms with Crippen molar-refractivity contribution in [3.63, 3.8) is 0 Å². The second kappa shape index (κ2) is 11.2. The number of likely N-dealkylation sites (N-methyl/N-ethyl adjacent to an activating group) is 2. The predicted molar refractivity (Wildman–Crippen MR) is 231 cm³/mol. The van der Waals surface area contributed by atoms with Crippen molar-refractivity contribution in [1.82, 2.24) is 0 Å². The van der Waals surface area contributed by atoms with E-state index in [9.17, 15) is 0 Å². The number of nitrogens with zero attached hydrogens (tertiary/aromatic N) is 2. The van der Waals surface area contributed by atoms with Gasteiger partial charge in [0.15, 0.2) is 0 Å². The standard InChI is InChI=1S/C50H54N4O4/c1-53(7-11-57-15-13-55-9-5-51)23-34-32-20-29-18-28-17-27-3-4-49-22-31-19-30-21-33(35(34)24-53)41-40(32)42-36(29)37(28)45-46-44(42)43(41)38(30)39(31)48(46)50(49,47(27)45)26-54(2,25-49)8-12-58-16-14-56-10-6-52/h3-4,17,20-22,34-35H,5-16,18-19,23-26,51-52H2,1-2H3/q+2. The van der Waals surface area contributed by atoms with E-state index in [-0.39, 0.29) is 10.8 Å². The molecule has 8 nitrogen and oxygen atoms in total. The molecule has 1 spiro atoms. The molecular formula is C50H54N4O4+2. The van der Waals surface area contributed by atoms with Gasteiger partial charge in [-0.1, -0.05) is 36.4 Å². The molecule has 9 aliphatic rings. The first-order valence-electron chi connectivity index (χ1n) is 22.2. The first-order chi connectivity index (χ1) is 28.3. The van der Waals surface area contributed by atoms with E-state index in [1.54, 1.807) is 104 Å². The third-order valence-electron chi connectivity index (χ3n) is 16.9. The topological polar surface area (TPSA) is 89.0 Å². The fourth-order valence-corrected chi connectivity index (χ4v) is 15.3. The summed E-state index contributed by atoms with van der Waals surface area (Å²) in [6.45, 7) is 12.9. The van der Waals surface area contributed by atoms with Crippen LogP contribution in [-0.4, -0.2) is 128 Å². The molecule has 5 aromatic carbocycles. The fourth-order valence-electron chi connectivity index (χ4n) is 15.3. The summed E-state index contributed by atoms with van der Waals surface area (Å²) < 4.78 is 25.7. The summed E-state index contributed by atoms with van der Waals surface area (Å²) in [5.41, 5.74) is 30.5. The molecule has 6 unspecified atom stereocenters. The summed E-state index contributed by atoms with van der Waals surface area (Å²) in [5.74, 6) is 1.05. The van der Waals surface area contributed by atoms with Gasteiger partial charge in [-0.25, -0.2) is 0 Å². The van der Waals surface area contributed by atoms with Crippen LogP contribution in [-0.2, 0) is 37.2 Å². The number of ether oxygens (including phenoxy) is 4. The summed E-state index contributed by atoms with van der Waals surface area (Å²) in [7, 11) is 5.02. The van der Waals surface area contributed by atoms with Crippen molar-refractivity contribution in [1.29, 1.82) is 0 Å². The number of hydrogen-bond acceptors (Lipinski definition) is 6. The SMILES string of the molecule is C[N+]1(CCOCCOCCN)CC2c3cc4c5c6c7c8c9c%10c(cc%11c9c9c(cc(c%12c9c8c5c3-%12)C2C1)C%11)C=CC1(C=C6C4)C[N+](C)(CCOCCOCCN)CC%1071. The highest BCUT2D eigenvalue weighted by atomic mass is 16.5. The summed E-state index contributed by atoms with van der Waals surface area (Å²) >= 11 is 0. The number of quaternary nitrogens is 2. The van der Waals surface area contributed by atoms with Crippen LogP contribution in [0.3, 0.4) is 0 Å². The molecule has 7 aliphatic carbocycles. The maximum absolute atomic E-state index is 6.25. The van der Waals surface area contributed by atoms with Crippen molar-refractivity contribution < 1.29 is 27.9 Å². The lowest BCUT2D eigenvalue weighted by molar-refractivity contribution is -0.901. The zero-order valence-corrected chi connectivity index (χ0v) is 34.0. The average molecular weight is 775 g/mol. The zero-order valence-electron chi connectivity index (χ0n) is 34.0. The first kappa shape index (κ1) is 34.1. The van der Waals surface area contributed by atoms with E-state index in [0.29, 0.717) is 64.6 Å². The van der Waals surface area contributed by atoms with Gasteiger partial charge in [-0.3, -0.25) is 0 Å². The largest absolute Gasteiger partial charge is 0.378 e. The third-order valence-corrected chi connectivity index (χ3v) is 16.9. The van der Waals surface area contributed by atoms with Crippen molar-refractivity contribution in [2.24, 2.45) is 16.9 Å². The minimum absolute atomic E-state index is 0.0558. The molecule has 8 heteroatoms. The summed E-state index contributed by atoms with van der Waals surface area (Å²) in [6, 6.07) is 8.11. The Morgan fingerprint density at radius 3 is 1.86 bits per heavy atom. The molecule has 2 aliphatic heterocycles. The van der Waals surface area contributed by atoms with Crippen LogP contribution in [0.1, 0.15) is 61.9 Å². The van der Waals surface area contributed by atoms with Gasteiger partial charge in [-0.2, -0.15) is 0 Å². The van der Waals surface area contributed by atoms with Gasteiger partial charge in [0, 0.05) is 24.9 Å². The summed E-state index contributed by atoms with van der Waals surface area (Å²) in [4.78, 5) is 0. The molecule has 0 saturated carbocycles. The minimum atomic E-state index is -0.0648. The van der Waals surface area contributed by atoms with Crippen LogP contribution in [0.25, 0.3) is 65.9 Å². The van der Waals surface area contributed by atoms with E-state index in [0.717, 1.165) is 61.2 Å². The second-order valence-corrected chi connectivity index (χ2v) is 20.2. The Kier molecular flexibility index (Phi) is 6.55. The Hall–Kier alpha value is -3.70. The monoisotopic (exact) mass is 774 g/mol. The Balaban J connectivity index is 0.949. The normalized spacial score (nSPS) is 30.7. The summed E-state index contributed by atoms with van der Waals surface area (Å²) in [5, 5.41) is 13.0. The van der Waals surface area contributed by atoms with E-state index in [2.05, 4.69) is 50.5 Å². The van der Waals surface area contributed by atoms with E-state index in [1.165, 1.54) is 18.7 Å². The van der Waals surface area contributed by atoms with Crippen molar-refractivity contribution in [3.8, 4) is 11.1 Å². The van der Waals surface area contributed by atoms with Gasteiger partial charge in [0.1, 0.15) is 13.1 Å². The van der Waals surface area contributed by atoms with E-state index in [4.69, 9.17) is 30.4 Å². The van der Waals surface area contributed by atoms with Gasteiger partial charge in [-0.05, 0) is 123 Å². The van der Waals surface area contributed by atoms with Crippen molar-refractivity contribution in [2.45, 2.75) is 30.1 Å². The van der Waals surface area contributed by atoms with Gasteiger partial charge in [-0.15, -0.1) is 0 Å². The smallest absolute Gasteiger partial charge is 0.102 e. The number of fused-ring (bicyclic) bond motifs is 3. The quantitative estimate of drug-likeness (QED) is 0.0730. The van der Waals surface area contributed by atoms with E-state index < -0.39 is 0 Å². The highest BCUT2D eigenvalue weighted by Crippen LogP contribution is 2.75. The van der Waals surface area contributed by atoms with Crippen LogP contribution in [0, 0.1) is 5.41 Å². The average Bonchev–Trinajstić information content (AvgIpc) is 4.03. The van der Waals surface area contributed by atoms with E-state index in [1.807, 2.05) is 0 Å². The number of nitrogens with two attached hydrogens (primary N) is 2. The Morgan fingerprint density at radius 2 is 1.17 bits per heavy atom. The van der Waals surface area contributed by atoms with E-state index >= 15 is 0 Å². The molecule has 0 bridgehead atoms. The van der Waals surface area contributed by atoms with Gasteiger partial charge in [0.05, 0.1) is 104 Å². The van der Waals surface area contributed by atoms with Gasteiger partial charge >= 0.3 is 0 Å². The van der Waals surface area contributed by atoms with Crippen LogP contribution in [0.2, 0.25) is 0 Å². The number of likely N-dealkylation sites (tertiary alicyclic amines) is 2. The Labute approximate surface area is 339 Å². The number of benzene rings is 5. The maximum Gasteiger partial charge on any atom is 0.102 e. The molecule has 4 N–H and O–H groups in total. The molecule has 2 saturated heterocycles. The Bertz CT molecular complexity index is 2860. The van der Waals surface area contributed by atoms with Gasteiger partial charge in [0.25, 0.3) is 0 Å². The number of allylic oxidation sites excluding steroid dienone is 1. The maximum atomic E-state index is 6.25. The zero-order chi connectivity index (χ0) is 38.5. The van der Waals surface area contributed by atoms with Crippen molar-refractivity contribution in [3.05, 3.63) is 80.4 Å². The lowest BCUT2D eigenvalue weighted by atomic mass is 9.53. The number of rotatable bonds is 16. The molecule has 0 aromatic heterocycles. The number of hydrogen-bond donors (Lipinski definition) is 2. The molecule has 14 rings (SSSR count). The molecule has 5 aromatic rings. The molecule has 58 heavy (non-hydrogen) atoms. The molecule has 6 atom stereocenters. The van der Waals surface area contributed by atoms with Crippen molar-refractivity contribution in [2.75, 3.05) is 119 Å². The molecule has 296 valence electrons. The van der Waals surface area contributed by atoms with Crippen LogP contribution in [0.15, 0.2) is 30.4 Å². The molecule has 2 fully saturated rings.